The molecule has 0 atom stereocenters. The van der Waals surface area contributed by atoms with Gasteiger partial charge in [-0.1, -0.05) is 6.42 Å². The predicted octanol–water partition coefficient (Wildman–Crippen LogP) is 3.13. The van der Waals surface area contributed by atoms with Crippen LogP contribution in [0.4, 0.5) is 8.78 Å². The van der Waals surface area contributed by atoms with Crippen LogP contribution in [0.25, 0.3) is 0 Å². The third-order valence-electron chi connectivity index (χ3n) is 4.15. The second kappa shape index (κ2) is 7.81. The minimum Gasteiger partial charge on any atom is -0.347 e. The van der Waals surface area contributed by atoms with Gasteiger partial charge in [0.15, 0.2) is 0 Å². The topological polar surface area (TPSA) is 66.5 Å². The number of piperidine rings is 1. The summed E-state index contributed by atoms with van der Waals surface area (Å²) in [5.74, 6) is -2.39. The zero-order valence-electron chi connectivity index (χ0n) is 13.9. The lowest BCUT2D eigenvalue weighted by molar-refractivity contribution is 0.0947. The van der Waals surface area contributed by atoms with Crippen molar-refractivity contribution < 1.29 is 22.0 Å². The molecule has 1 aliphatic rings. The van der Waals surface area contributed by atoms with Gasteiger partial charge in [0.25, 0.3) is 15.9 Å². The minimum atomic E-state index is -3.51. The van der Waals surface area contributed by atoms with Gasteiger partial charge in [-0.2, -0.15) is 4.31 Å². The Hall–Kier alpha value is -1.84. The Balaban J connectivity index is 1.66. The first-order valence-corrected chi connectivity index (χ1v) is 10.5. The van der Waals surface area contributed by atoms with E-state index in [2.05, 4.69) is 5.32 Å². The van der Waals surface area contributed by atoms with Crippen LogP contribution in [0.1, 0.15) is 34.5 Å². The van der Waals surface area contributed by atoms with Crippen molar-refractivity contribution in [3.8, 4) is 0 Å². The van der Waals surface area contributed by atoms with Gasteiger partial charge in [0.05, 0.1) is 12.1 Å². The number of nitrogens with one attached hydrogen (secondary N) is 1. The van der Waals surface area contributed by atoms with E-state index in [1.807, 2.05) is 0 Å². The summed E-state index contributed by atoms with van der Waals surface area (Å²) in [6.07, 6.45) is 2.75. The van der Waals surface area contributed by atoms with Crippen molar-refractivity contribution in [3.05, 3.63) is 52.4 Å². The molecule has 1 N–H and O–H groups in total. The van der Waals surface area contributed by atoms with E-state index in [0.717, 1.165) is 42.7 Å². The molecule has 26 heavy (non-hydrogen) atoms. The van der Waals surface area contributed by atoms with E-state index in [0.29, 0.717) is 24.0 Å². The molecule has 2 heterocycles. The minimum absolute atomic E-state index is 0.0653. The van der Waals surface area contributed by atoms with Crippen LogP contribution >= 0.6 is 11.3 Å². The number of benzene rings is 1. The van der Waals surface area contributed by atoms with E-state index in [-0.39, 0.29) is 16.3 Å². The average molecular weight is 400 g/mol. The number of thiophene rings is 1. The molecular weight excluding hydrogens is 382 g/mol. The Morgan fingerprint density at radius 2 is 1.85 bits per heavy atom. The highest BCUT2D eigenvalue weighted by atomic mass is 32.2. The van der Waals surface area contributed by atoms with Crippen molar-refractivity contribution in [1.29, 1.82) is 0 Å². The van der Waals surface area contributed by atoms with Crippen molar-refractivity contribution in [3.63, 3.8) is 0 Å². The zero-order chi connectivity index (χ0) is 18.7. The van der Waals surface area contributed by atoms with Crippen LogP contribution in [0.2, 0.25) is 0 Å². The second-order valence-corrected chi connectivity index (χ2v) is 9.33. The number of amides is 1. The van der Waals surface area contributed by atoms with Crippen LogP contribution in [0.15, 0.2) is 34.5 Å². The summed E-state index contributed by atoms with van der Waals surface area (Å²) in [5.41, 5.74) is -0.260. The van der Waals surface area contributed by atoms with Crippen molar-refractivity contribution in [1.82, 2.24) is 9.62 Å². The Labute approximate surface area is 154 Å². The normalized spacial score (nSPS) is 15.8. The number of rotatable bonds is 5. The van der Waals surface area contributed by atoms with Crippen LogP contribution in [0.3, 0.4) is 0 Å². The monoisotopic (exact) mass is 400 g/mol. The third kappa shape index (κ3) is 4.11. The first-order chi connectivity index (χ1) is 12.4. The highest BCUT2D eigenvalue weighted by molar-refractivity contribution is 7.91. The van der Waals surface area contributed by atoms with E-state index in [4.69, 9.17) is 0 Å². The van der Waals surface area contributed by atoms with Gasteiger partial charge in [-0.05, 0) is 37.1 Å². The van der Waals surface area contributed by atoms with Crippen LogP contribution in [0.5, 0.6) is 0 Å². The number of hydrogen-bond acceptors (Lipinski definition) is 4. The SMILES string of the molecule is O=C(NCc1ccc(S(=O)(=O)N2CCCCC2)s1)c1ccc(F)cc1F. The van der Waals surface area contributed by atoms with Gasteiger partial charge in [-0.15, -0.1) is 11.3 Å². The van der Waals surface area contributed by atoms with Gasteiger partial charge in [-0.25, -0.2) is 17.2 Å². The van der Waals surface area contributed by atoms with E-state index < -0.39 is 27.6 Å². The molecule has 0 radical (unpaired) electrons. The first-order valence-electron chi connectivity index (χ1n) is 8.20. The predicted molar refractivity (Wildman–Crippen MR) is 94.5 cm³/mol. The zero-order valence-corrected chi connectivity index (χ0v) is 15.5. The molecule has 1 amide bonds. The number of carbonyl (C=O) groups excluding carboxylic acids is 1. The van der Waals surface area contributed by atoms with Gasteiger partial charge >= 0.3 is 0 Å². The van der Waals surface area contributed by atoms with Gasteiger partial charge in [-0.3, -0.25) is 4.79 Å². The Morgan fingerprint density at radius 3 is 2.54 bits per heavy atom. The smallest absolute Gasteiger partial charge is 0.254 e. The number of sulfonamides is 1. The lowest BCUT2D eigenvalue weighted by Crippen LogP contribution is -2.35. The highest BCUT2D eigenvalue weighted by Crippen LogP contribution is 2.27. The number of carbonyl (C=O) groups is 1. The fourth-order valence-corrected chi connectivity index (χ4v) is 5.73. The largest absolute Gasteiger partial charge is 0.347 e. The molecule has 9 heteroatoms. The van der Waals surface area contributed by atoms with Crippen LogP contribution < -0.4 is 5.32 Å². The van der Waals surface area contributed by atoms with E-state index in [1.54, 1.807) is 6.07 Å². The van der Waals surface area contributed by atoms with Crippen LogP contribution in [0, 0.1) is 11.6 Å². The lowest BCUT2D eigenvalue weighted by Gasteiger charge is -2.25. The second-order valence-electron chi connectivity index (χ2n) is 5.99. The fourth-order valence-electron chi connectivity index (χ4n) is 2.76. The third-order valence-corrected chi connectivity index (χ3v) is 7.60. The molecule has 1 aliphatic heterocycles. The molecule has 0 bridgehead atoms. The maximum Gasteiger partial charge on any atom is 0.254 e. The Kier molecular flexibility index (Phi) is 5.69. The molecule has 1 saturated heterocycles. The van der Waals surface area contributed by atoms with E-state index in [9.17, 15) is 22.0 Å². The standard InChI is InChI=1S/C17H18F2N2O3S2/c18-12-4-6-14(15(19)10-12)17(22)20-11-13-5-7-16(25-13)26(23,24)21-8-2-1-3-9-21/h4-7,10H,1-3,8-9,11H2,(H,20,22). The number of hydrogen-bond donors (Lipinski definition) is 1. The summed E-state index contributed by atoms with van der Waals surface area (Å²) in [5, 5.41) is 2.52. The van der Waals surface area contributed by atoms with Crippen molar-refractivity contribution in [2.24, 2.45) is 0 Å². The molecule has 1 aromatic carbocycles. The Bertz CT molecular complexity index is 906. The molecule has 1 fully saturated rings. The summed E-state index contributed by atoms with van der Waals surface area (Å²) < 4.78 is 53.4. The molecular formula is C17H18F2N2O3S2. The maximum atomic E-state index is 13.6. The molecule has 5 nitrogen and oxygen atoms in total. The number of halogens is 2. The van der Waals surface area contributed by atoms with Gasteiger partial charge < -0.3 is 5.32 Å². The highest BCUT2D eigenvalue weighted by Gasteiger charge is 2.27. The van der Waals surface area contributed by atoms with Crippen LogP contribution in [-0.4, -0.2) is 31.7 Å². The summed E-state index contributed by atoms with van der Waals surface area (Å²) in [7, 11) is -3.51. The van der Waals surface area contributed by atoms with Gasteiger partial charge in [0.2, 0.25) is 0 Å². The molecule has 0 spiro atoms. The molecule has 0 saturated carbocycles. The number of nitrogens with zero attached hydrogens (tertiary/aromatic N) is 1. The quantitative estimate of drug-likeness (QED) is 0.839. The average Bonchev–Trinajstić information content (AvgIpc) is 3.10. The Morgan fingerprint density at radius 1 is 1.12 bits per heavy atom. The first kappa shape index (κ1) is 18.9. The summed E-state index contributed by atoms with van der Waals surface area (Å²) in [4.78, 5) is 12.6. The summed E-state index contributed by atoms with van der Waals surface area (Å²) in [6.45, 7) is 1.11. The molecule has 0 unspecified atom stereocenters. The molecule has 1 aromatic heterocycles. The van der Waals surface area contributed by atoms with Crippen molar-refractivity contribution >= 4 is 27.3 Å². The molecule has 2 aromatic rings. The molecule has 140 valence electrons. The van der Waals surface area contributed by atoms with Gasteiger partial charge in [0.1, 0.15) is 15.8 Å². The maximum absolute atomic E-state index is 13.6. The summed E-state index contributed by atoms with van der Waals surface area (Å²) in [6, 6.07) is 5.87. The molecule has 3 rings (SSSR count). The van der Waals surface area contributed by atoms with Gasteiger partial charge in [0, 0.05) is 24.0 Å². The van der Waals surface area contributed by atoms with Crippen molar-refractivity contribution in [2.45, 2.75) is 30.0 Å². The van der Waals surface area contributed by atoms with Crippen molar-refractivity contribution in [2.75, 3.05) is 13.1 Å². The van der Waals surface area contributed by atoms with E-state index >= 15 is 0 Å². The lowest BCUT2D eigenvalue weighted by atomic mass is 10.2. The van der Waals surface area contributed by atoms with Crippen LogP contribution in [-0.2, 0) is 16.6 Å². The molecule has 0 aliphatic carbocycles. The summed E-state index contributed by atoms with van der Waals surface area (Å²) >= 11 is 1.08. The van der Waals surface area contributed by atoms with E-state index in [1.165, 1.54) is 10.4 Å². The fraction of sp³-hybridized carbons (Fsp3) is 0.353.